The molecule has 0 radical (unpaired) electrons. The predicted molar refractivity (Wildman–Crippen MR) is 145 cm³/mol. The highest BCUT2D eigenvalue weighted by atomic mass is 35.5. The maximum atomic E-state index is 10.8. The molecule has 0 heterocycles. The molecule has 1 aliphatic rings. The van der Waals surface area contributed by atoms with Crippen LogP contribution in [0.2, 0.25) is 5.02 Å². The summed E-state index contributed by atoms with van der Waals surface area (Å²) < 4.78 is 0. The van der Waals surface area contributed by atoms with Crippen molar-refractivity contribution < 1.29 is 15.3 Å². The van der Waals surface area contributed by atoms with Crippen molar-refractivity contribution in [2.45, 2.75) is 6.10 Å². The summed E-state index contributed by atoms with van der Waals surface area (Å²) in [4.78, 5) is 1.93. The van der Waals surface area contributed by atoms with E-state index in [0.29, 0.717) is 21.2 Å². The van der Waals surface area contributed by atoms with Gasteiger partial charge in [0.2, 0.25) is 0 Å². The molecule has 0 bridgehead atoms. The van der Waals surface area contributed by atoms with E-state index in [1.807, 2.05) is 67.7 Å². The number of halogens is 2. The van der Waals surface area contributed by atoms with Crippen LogP contribution in [0.4, 0.5) is 0 Å². The Morgan fingerprint density at radius 1 is 0.829 bits per heavy atom. The van der Waals surface area contributed by atoms with Crippen molar-refractivity contribution >= 4 is 35.4 Å². The second-order valence-electron chi connectivity index (χ2n) is 8.09. The summed E-state index contributed by atoms with van der Waals surface area (Å²) in [5.74, 6) is 0.359. The Kier molecular flexibility index (Phi) is 9.21. The average molecular weight is 508 g/mol. The fraction of sp³-hybridized carbons (Fsp3) is 0.103. The highest BCUT2D eigenvalue weighted by Crippen LogP contribution is 2.38. The monoisotopic (exact) mass is 507 g/mol. The molecular weight excluding hydrogens is 481 g/mol. The van der Waals surface area contributed by atoms with Gasteiger partial charge in [-0.15, -0.1) is 0 Å². The van der Waals surface area contributed by atoms with Crippen molar-refractivity contribution in [3.8, 4) is 11.5 Å². The van der Waals surface area contributed by atoms with Gasteiger partial charge in [-0.05, 0) is 64.8 Å². The van der Waals surface area contributed by atoms with E-state index < -0.39 is 6.10 Å². The lowest BCUT2D eigenvalue weighted by molar-refractivity contribution is 0.256. The van der Waals surface area contributed by atoms with Crippen LogP contribution in [0.3, 0.4) is 0 Å². The van der Waals surface area contributed by atoms with Gasteiger partial charge in [0.05, 0.1) is 5.03 Å². The molecule has 0 spiro atoms. The van der Waals surface area contributed by atoms with E-state index in [1.165, 1.54) is 6.07 Å². The number of benzene rings is 3. The Balaban J connectivity index is 0.000000363. The highest BCUT2D eigenvalue weighted by Gasteiger charge is 2.26. The molecular formula is C29H27Cl2NO3. The molecule has 1 unspecified atom stereocenters. The number of allylic oxidation sites excluding steroid dienone is 2. The molecule has 3 aromatic rings. The van der Waals surface area contributed by atoms with E-state index in [1.54, 1.807) is 48.6 Å². The van der Waals surface area contributed by atoms with Gasteiger partial charge in [0.1, 0.15) is 17.6 Å². The van der Waals surface area contributed by atoms with E-state index in [0.717, 1.165) is 16.7 Å². The lowest BCUT2D eigenvalue weighted by atomic mass is 9.85. The summed E-state index contributed by atoms with van der Waals surface area (Å²) in [5.41, 5.74) is 4.02. The van der Waals surface area contributed by atoms with Crippen LogP contribution in [0, 0.1) is 0 Å². The second kappa shape index (κ2) is 12.3. The number of aliphatic hydroxyl groups is 1. The van der Waals surface area contributed by atoms with Gasteiger partial charge in [0.15, 0.2) is 0 Å². The number of phenolic OH excluding ortho intramolecular Hbond substituents is 2. The molecule has 180 valence electrons. The maximum absolute atomic E-state index is 10.8. The van der Waals surface area contributed by atoms with Gasteiger partial charge < -0.3 is 20.2 Å². The van der Waals surface area contributed by atoms with Gasteiger partial charge in [-0.1, -0.05) is 77.8 Å². The molecule has 0 aromatic heterocycles. The molecule has 1 atom stereocenters. The second-order valence-corrected chi connectivity index (χ2v) is 8.96. The summed E-state index contributed by atoms with van der Waals surface area (Å²) in [5, 5.41) is 30.6. The number of hydrogen-bond acceptors (Lipinski definition) is 4. The quantitative estimate of drug-likeness (QED) is 0.362. The fourth-order valence-electron chi connectivity index (χ4n) is 3.45. The smallest absolute Gasteiger partial charge is 0.122 e. The average Bonchev–Trinajstić information content (AvgIpc) is 2.81. The van der Waals surface area contributed by atoms with Gasteiger partial charge in [-0.3, -0.25) is 0 Å². The first-order valence-corrected chi connectivity index (χ1v) is 11.6. The summed E-state index contributed by atoms with van der Waals surface area (Å²) >= 11 is 11.8. The maximum Gasteiger partial charge on any atom is 0.122 e. The molecule has 3 N–H and O–H groups in total. The van der Waals surface area contributed by atoms with Crippen LogP contribution < -0.4 is 0 Å². The van der Waals surface area contributed by atoms with E-state index in [9.17, 15) is 10.2 Å². The molecule has 3 aromatic carbocycles. The first-order valence-electron chi connectivity index (χ1n) is 10.9. The van der Waals surface area contributed by atoms with E-state index in [4.69, 9.17) is 28.3 Å². The van der Waals surface area contributed by atoms with E-state index >= 15 is 0 Å². The summed E-state index contributed by atoms with van der Waals surface area (Å²) in [6.45, 7) is 0. The number of rotatable bonds is 3. The number of aliphatic hydroxyl groups excluding tert-OH is 1. The molecule has 0 amide bonds. The summed E-state index contributed by atoms with van der Waals surface area (Å²) in [7, 11) is 3.87. The number of nitrogens with zero attached hydrogens (tertiary/aromatic N) is 1. The number of para-hydroxylation sites is 1. The van der Waals surface area contributed by atoms with Gasteiger partial charge in [-0.25, -0.2) is 0 Å². The van der Waals surface area contributed by atoms with Crippen LogP contribution >= 0.6 is 23.2 Å². The van der Waals surface area contributed by atoms with Crippen molar-refractivity contribution in [3.05, 3.63) is 129 Å². The minimum absolute atomic E-state index is 0.153. The topological polar surface area (TPSA) is 63.9 Å². The Morgan fingerprint density at radius 3 is 2.11 bits per heavy atom. The molecule has 4 nitrogen and oxygen atoms in total. The lowest BCUT2D eigenvalue weighted by Gasteiger charge is -2.26. The fourth-order valence-corrected chi connectivity index (χ4v) is 3.86. The van der Waals surface area contributed by atoms with E-state index in [2.05, 4.69) is 0 Å². The predicted octanol–water partition coefficient (Wildman–Crippen LogP) is 6.85. The SMILES string of the molecule is CN(C)C=C1C=C(Cl)C(O)C(=Cc2ccccc2O)C1=Cc1ccccc1.Oc1cccc(Cl)c1. The van der Waals surface area contributed by atoms with Crippen molar-refractivity contribution in [1.29, 1.82) is 0 Å². The molecule has 1 aliphatic carbocycles. The molecule has 4 rings (SSSR count). The Bertz CT molecular complexity index is 1260. The lowest BCUT2D eigenvalue weighted by Crippen LogP contribution is -2.19. The molecule has 0 aliphatic heterocycles. The van der Waals surface area contributed by atoms with Crippen molar-refractivity contribution in [1.82, 2.24) is 4.90 Å². The third kappa shape index (κ3) is 7.52. The van der Waals surface area contributed by atoms with Crippen LogP contribution in [0.5, 0.6) is 11.5 Å². The Hall–Kier alpha value is -3.44. The summed E-state index contributed by atoms with van der Waals surface area (Å²) in [6.07, 6.45) is 6.59. The minimum atomic E-state index is -0.958. The Morgan fingerprint density at radius 2 is 1.51 bits per heavy atom. The first kappa shape index (κ1) is 26.2. The van der Waals surface area contributed by atoms with Crippen LogP contribution in [0.1, 0.15) is 11.1 Å². The standard InChI is InChI=1S/C23H22ClNO2.C6H5ClO/c1-25(2)15-18-14-21(24)23(27)20(13-17-10-6-7-11-22(17)26)19(18)12-16-8-4-3-5-9-16;7-5-2-1-3-6(8)4-5/h3-15,23,26-27H,1-2H3;1-4,8H. The highest BCUT2D eigenvalue weighted by molar-refractivity contribution is 6.31. The molecule has 35 heavy (non-hydrogen) atoms. The summed E-state index contributed by atoms with van der Waals surface area (Å²) in [6, 6.07) is 23.4. The molecule has 6 heteroatoms. The minimum Gasteiger partial charge on any atom is -0.508 e. The zero-order chi connectivity index (χ0) is 25.4. The van der Waals surface area contributed by atoms with Crippen LogP contribution in [0.25, 0.3) is 12.2 Å². The first-order chi connectivity index (χ1) is 16.7. The van der Waals surface area contributed by atoms with Gasteiger partial charge >= 0.3 is 0 Å². The van der Waals surface area contributed by atoms with Gasteiger partial charge in [-0.2, -0.15) is 0 Å². The zero-order valence-electron chi connectivity index (χ0n) is 19.4. The molecule has 0 saturated carbocycles. The van der Waals surface area contributed by atoms with E-state index in [-0.39, 0.29) is 11.5 Å². The van der Waals surface area contributed by atoms with Crippen molar-refractivity contribution in [2.24, 2.45) is 0 Å². The van der Waals surface area contributed by atoms with Crippen molar-refractivity contribution in [2.75, 3.05) is 14.1 Å². The van der Waals surface area contributed by atoms with Crippen LogP contribution in [0.15, 0.2) is 113 Å². The van der Waals surface area contributed by atoms with Crippen LogP contribution in [-0.2, 0) is 0 Å². The van der Waals surface area contributed by atoms with Crippen molar-refractivity contribution in [3.63, 3.8) is 0 Å². The third-order valence-electron chi connectivity index (χ3n) is 5.04. The largest absolute Gasteiger partial charge is 0.508 e. The van der Waals surface area contributed by atoms with Crippen LogP contribution in [-0.4, -0.2) is 40.4 Å². The molecule has 0 saturated heterocycles. The Labute approximate surface area is 216 Å². The zero-order valence-corrected chi connectivity index (χ0v) is 20.9. The number of aromatic hydroxyl groups is 2. The third-order valence-corrected chi connectivity index (χ3v) is 5.59. The van der Waals surface area contributed by atoms with Gasteiger partial charge in [0, 0.05) is 30.9 Å². The number of phenols is 2. The number of hydrogen-bond donors (Lipinski definition) is 3. The molecule has 0 fully saturated rings. The van der Waals surface area contributed by atoms with Gasteiger partial charge in [0.25, 0.3) is 0 Å². The normalized spacial score (nSPS) is 18.7.